The van der Waals surface area contributed by atoms with E-state index in [1.165, 1.54) is 27.7 Å². The monoisotopic (exact) mass is 728 g/mol. The normalized spacial score (nSPS) is 16.8. The SMILES string of the molecule is CC(C)(CO)c1cc(CC(=O)C(C)(C)S(=O)(=O)CC2CCC2)no1.COCC(C)(C)c1cc(CC(=O)C(C)(C)S(=O)(=O)CC2CCC2)no1. The minimum atomic E-state index is -3.51. The van der Waals surface area contributed by atoms with Crippen molar-refractivity contribution >= 4 is 31.2 Å². The number of rotatable bonds is 17. The van der Waals surface area contributed by atoms with Crippen LogP contribution in [-0.2, 0) is 57.7 Å². The molecule has 2 heterocycles. The Labute approximate surface area is 291 Å². The number of nitrogens with zero attached hydrogens (tertiary/aromatic N) is 2. The standard InChI is InChI=1S/C18H29NO5S.C17H27NO5S/c1-17(2,12-23-5)16-10-14(19-24-16)9-15(20)18(3,4)25(21,22)11-13-7-6-8-13;1-16(2,11-19)15-9-13(18-23-15)8-14(20)17(3,4)24(21,22)10-12-6-5-7-12/h10,13H,6-9,11-12H2,1-5H3;9,12,19H,5-8,10-11H2,1-4H3. The lowest BCUT2D eigenvalue weighted by molar-refractivity contribution is -0.121. The maximum atomic E-state index is 12.7. The van der Waals surface area contributed by atoms with Gasteiger partial charge in [0.05, 0.1) is 48.9 Å². The van der Waals surface area contributed by atoms with Crippen LogP contribution < -0.4 is 0 Å². The Kier molecular flexibility index (Phi) is 12.9. The minimum Gasteiger partial charge on any atom is -0.395 e. The second-order valence-electron chi connectivity index (χ2n) is 16.1. The van der Waals surface area contributed by atoms with Crippen molar-refractivity contribution in [1.82, 2.24) is 10.3 Å². The van der Waals surface area contributed by atoms with Gasteiger partial charge in [-0.2, -0.15) is 0 Å². The molecule has 0 amide bonds. The topological polar surface area (TPSA) is 184 Å². The first-order chi connectivity index (χ1) is 22.5. The van der Waals surface area contributed by atoms with Gasteiger partial charge in [0.1, 0.15) is 21.0 Å². The number of ether oxygens (including phenoxy) is 1. The highest BCUT2D eigenvalue weighted by Gasteiger charge is 2.44. The third kappa shape index (κ3) is 9.68. The van der Waals surface area contributed by atoms with Gasteiger partial charge in [0.2, 0.25) is 0 Å². The lowest BCUT2D eigenvalue weighted by atomic mass is 9.87. The molecule has 0 atom stereocenters. The second kappa shape index (κ2) is 15.4. The smallest absolute Gasteiger partial charge is 0.162 e. The molecule has 1 N–H and O–H groups in total. The van der Waals surface area contributed by atoms with E-state index in [1.807, 2.05) is 13.8 Å². The number of sulfone groups is 2. The summed E-state index contributed by atoms with van der Waals surface area (Å²) in [4.78, 5) is 25.3. The molecule has 0 aliphatic heterocycles. The average Bonchev–Trinajstić information content (AvgIpc) is 3.64. The summed E-state index contributed by atoms with van der Waals surface area (Å²) in [6.07, 6.45) is 5.71. The van der Waals surface area contributed by atoms with Crippen LogP contribution in [0.25, 0.3) is 0 Å². The van der Waals surface area contributed by atoms with Crippen molar-refractivity contribution in [2.45, 2.75) is 127 Å². The molecule has 0 saturated heterocycles. The molecule has 2 aromatic rings. The summed E-state index contributed by atoms with van der Waals surface area (Å²) >= 11 is 0. The number of Topliss-reactive ketones (excluding diaryl/α,β-unsaturated/α-hetero) is 2. The molecule has 0 unspecified atom stereocenters. The Bertz CT molecular complexity index is 1660. The first-order valence-electron chi connectivity index (χ1n) is 17.0. The Hall–Kier alpha value is -2.42. The Morgan fingerprint density at radius 3 is 1.41 bits per heavy atom. The highest BCUT2D eigenvalue weighted by Crippen LogP contribution is 2.34. The molecule has 2 saturated carbocycles. The number of methoxy groups -OCH3 is 1. The molecule has 0 aromatic carbocycles. The summed E-state index contributed by atoms with van der Waals surface area (Å²) in [7, 11) is -5.40. The molecule has 2 aliphatic rings. The first kappa shape index (κ1) is 41.0. The molecule has 49 heavy (non-hydrogen) atoms. The molecule has 2 fully saturated rings. The van der Waals surface area contributed by atoms with Gasteiger partial charge in [-0.25, -0.2) is 16.8 Å². The Balaban J connectivity index is 0.000000266. The van der Waals surface area contributed by atoms with Crippen molar-refractivity contribution in [1.29, 1.82) is 0 Å². The zero-order chi connectivity index (χ0) is 37.1. The van der Waals surface area contributed by atoms with Gasteiger partial charge < -0.3 is 18.9 Å². The maximum absolute atomic E-state index is 12.7. The van der Waals surface area contributed by atoms with Gasteiger partial charge in [0, 0.05) is 30.1 Å². The van der Waals surface area contributed by atoms with Crippen LogP contribution >= 0.6 is 0 Å². The van der Waals surface area contributed by atoms with E-state index in [0.717, 1.165) is 38.5 Å². The fourth-order valence-corrected chi connectivity index (χ4v) is 8.98. The van der Waals surface area contributed by atoms with E-state index in [2.05, 4.69) is 10.3 Å². The minimum absolute atomic E-state index is 0.0521. The summed E-state index contributed by atoms with van der Waals surface area (Å²) in [6.45, 7) is 13.8. The van der Waals surface area contributed by atoms with Crippen LogP contribution in [0.15, 0.2) is 21.2 Å². The van der Waals surface area contributed by atoms with Crippen LogP contribution in [-0.4, -0.2) is 85.1 Å². The summed E-state index contributed by atoms with van der Waals surface area (Å²) in [5.41, 5.74) is -0.117. The van der Waals surface area contributed by atoms with Crippen LogP contribution in [0.3, 0.4) is 0 Å². The Morgan fingerprint density at radius 2 is 1.10 bits per heavy atom. The zero-order valence-corrected chi connectivity index (χ0v) is 32.3. The first-order valence-corrected chi connectivity index (χ1v) is 20.3. The fourth-order valence-electron chi connectivity index (χ4n) is 5.40. The predicted octanol–water partition coefficient (Wildman–Crippen LogP) is 4.75. The number of carbonyl (C=O) groups excluding carboxylic acids is 2. The van der Waals surface area contributed by atoms with E-state index in [4.69, 9.17) is 13.8 Å². The number of hydrogen-bond donors (Lipinski definition) is 1. The van der Waals surface area contributed by atoms with Crippen molar-refractivity contribution in [3.8, 4) is 0 Å². The number of hydrogen-bond acceptors (Lipinski definition) is 12. The zero-order valence-electron chi connectivity index (χ0n) is 30.6. The molecule has 2 aromatic heterocycles. The van der Waals surface area contributed by atoms with Crippen molar-refractivity contribution in [3.05, 3.63) is 35.0 Å². The van der Waals surface area contributed by atoms with Gasteiger partial charge >= 0.3 is 0 Å². The molecule has 0 spiro atoms. The summed E-state index contributed by atoms with van der Waals surface area (Å²) in [5.74, 6) is 0.913. The van der Waals surface area contributed by atoms with Gasteiger partial charge in [-0.1, -0.05) is 50.8 Å². The molecular formula is C35H56N2O10S2. The molecule has 0 bridgehead atoms. The van der Waals surface area contributed by atoms with E-state index in [1.54, 1.807) is 33.1 Å². The van der Waals surface area contributed by atoms with Crippen LogP contribution in [0.5, 0.6) is 0 Å². The van der Waals surface area contributed by atoms with Gasteiger partial charge in [-0.15, -0.1) is 0 Å². The molecule has 12 nitrogen and oxygen atoms in total. The number of carbonyl (C=O) groups is 2. The van der Waals surface area contributed by atoms with Gasteiger partial charge in [-0.3, -0.25) is 9.59 Å². The highest BCUT2D eigenvalue weighted by atomic mass is 32.2. The quantitative estimate of drug-likeness (QED) is 0.236. The molecular weight excluding hydrogens is 673 g/mol. The largest absolute Gasteiger partial charge is 0.395 e. The molecule has 278 valence electrons. The number of ketones is 2. The van der Waals surface area contributed by atoms with E-state index < -0.39 is 34.6 Å². The third-order valence-corrected chi connectivity index (χ3v) is 15.7. The lowest BCUT2D eigenvalue weighted by Gasteiger charge is -2.30. The molecule has 4 rings (SSSR count). The molecule has 2 aliphatic carbocycles. The van der Waals surface area contributed by atoms with Gasteiger partial charge in [0.25, 0.3) is 0 Å². The number of aliphatic hydroxyl groups is 1. The highest BCUT2D eigenvalue weighted by molar-refractivity contribution is 7.93. The molecule has 14 heteroatoms. The molecule has 0 radical (unpaired) electrons. The number of aliphatic hydroxyl groups excluding tert-OH is 1. The van der Waals surface area contributed by atoms with Crippen molar-refractivity contribution < 1.29 is 45.3 Å². The summed E-state index contributed by atoms with van der Waals surface area (Å²) in [5, 5.41) is 17.1. The number of aromatic nitrogens is 2. The lowest BCUT2D eigenvalue weighted by Crippen LogP contribution is -2.45. The van der Waals surface area contributed by atoms with Gasteiger partial charge in [0.15, 0.2) is 31.2 Å². The van der Waals surface area contributed by atoms with E-state index in [9.17, 15) is 31.5 Å². The van der Waals surface area contributed by atoms with Crippen molar-refractivity contribution in [3.63, 3.8) is 0 Å². The summed E-state index contributed by atoms with van der Waals surface area (Å²) in [6, 6.07) is 3.33. The van der Waals surface area contributed by atoms with E-state index in [0.29, 0.717) is 29.5 Å². The average molecular weight is 729 g/mol. The predicted molar refractivity (Wildman–Crippen MR) is 186 cm³/mol. The van der Waals surface area contributed by atoms with Crippen molar-refractivity contribution in [2.24, 2.45) is 11.8 Å². The van der Waals surface area contributed by atoms with Crippen LogP contribution in [0.1, 0.15) is 117 Å². The van der Waals surface area contributed by atoms with Crippen LogP contribution in [0.2, 0.25) is 0 Å². The Morgan fingerprint density at radius 1 is 0.735 bits per heavy atom. The van der Waals surface area contributed by atoms with Crippen molar-refractivity contribution in [2.75, 3.05) is 31.8 Å². The second-order valence-corrected chi connectivity index (χ2v) is 21.3. The third-order valence-electron chi connectivity index (χ3n) is 10.3. The van der Waals surface area contributed by atoms with E-state index >= 15 is 0 Å². The fraction of sp³-hybridized carbons (Fsp3) is 0.771. The van der Waals surface area contributed by atoms with E-state index in [-0.39, 0.29) is 59.8 Å². The van der Waals surface area contributed by atoms with Gasteiger partial charge in [-0.05, 0) is 65.2 Å². The summed E-state index contributed by atoms with van der Waals surface area (Å²) < 4.78 is 63.4. The maximum Gasteiger partial charge on any atom is 0.162 e. The van der Waals surface area contributed by atoms with Crippen LogP contribution in [0, 0.1) is 11.8 Å². The van der Waals surface area contributed by atoms with Crippen LogP contribution in [0.4, 0.5) is 0 Å².